The van der Waals surface area contributed by atoms with Gasteiger partial charge in [-0.1, -0.05) is 48.5 Å². The van der Waals surface area contributed by atoms with Gasteiger partial charge in [0, 0.05) is 37.8 Å². The molecule has 0 amide bonds. The maximum atomic E-state index is 5.51. The molecule has 1 fully saturated rings. The smallest absolute Gasteiger partial charge is 0.0642 e. The van der Waals surface area contributed by atoms with Gasteiger partial charge in [0.15, 0.2) is 0 Å². The van der Waals surface area contributed by atoms with E-state index in [1.54, 1.807) is 0 Å². The summed E-state index contributed by atoms with van der Waals surface area (Å²) in [5.41, 5.74) is 5.71. The Kier molecular flexibility index (Phi) is 4.35. The molecule has 3 aromatic rings. The molecule has 3 nitrogen and oxygen atoms in total. The Labute approximate surface area is 161 Å². The number of anilines is 1. The number of benzene rings is 3. The van der Waals surface area contributed by atoms with Crippen molar-refractivity contribution in [1.82, 2.24) is 4.90 Å². The molecular formula is C24H26N2O. The van der Waals surface area contributed by atoms with Crippen LogP contribution in [0.5, 0.6) is 0 Å². The highest BCUT2D eigenvalue weighted by atomic mass is 16.5. The van der Waals surface area contributed by atoms with Crippen molar-refractivity contribution in [2.24, 2.45) is 0 Å². The van der Waals surface area contributed by atoms with Gasteiger partial charge in [0.2, 0.25) is 0 Å². The molecular weight excluding hydrogens is 332 g/mol. The van der Waals surface area contributed by atoms with Gasteiger partial charge >= 0.3 is 0 Å². The van der Waals surface area contributed by atoms with Gasteiger partial charge in [-0.15, -0.1) is 0 Å². The Bertz CT molecular complexity index is 962. The van der Waals surface area contributed by atoms with Crippen LogP contribution in [0.3, 0.4) is 0 Å². The minimum Gasteiger partial charge on any atom is -0.378 e. The molecule has 0 N–H and O–H groups in total. The van der Waals surface area contributed by atoms with Gasteiger partial charge in [0.05, 0.1) is 13.2 Å². The van der Waals surface area contributed by atoms with E-state index in [2.05, 4.69) is 77.5 Å². The number of rotatable bonds is 2. The first-order valence-corrected chi connectivity index (χ1v) is 9.91. The lowest BCUT2D eigenvalue weighted by molar-refractivity contribution is 0.122. The zero-order valence-corrected chi connectivity index (χ0v) is 15.9. The first kappa shape index (κ1) is 16.8. The fraction of sp³-hybridized carbons (Fsp3) is 0.333. The first-order valence-electron chi connectivity index (χ1n) is 9.91. The minimum atomic E-state index is 0.432. The number of hydrogen-bond acceptors (Lipinski definition) is 3. The molecule has 0 spiro atoms. The van der Waals surface area contributed by atoms with E-state index < -0.39 is 0 Å². The second-order valence-electron chi connectivity index (χ2n) is 7.84. The summed E-state index contributed by atoms with van der Waals surface area (Å²) in [5, 5.41) is 2.64. The predicted octanol–water partition coefficient (Wildman–Crippen LogP) is 4.25. The molecule has 0 aromatic heterocycles. The molecule has 0 saturated carbocycles. The highest BCUT2D eigenvalue weighted by Gasteiger charge is 2.26. The molecule has 0 aliphatic carbocycles. The van der Waals surface area contributed by atoms with Gasteiger partial charge in [-0.05, 0) is 46.6 Å². The lowest BCUT2D eigenvalue weighted by Crippen LogP contribution is -2.36. The van der Waals surface area contributed by atoms with Gasteiger partial charge in [0.1, 0.15) is 0 Å². The van der Waals surface area contributed by atoms with Crippen LogP contribution < -0.4 is 4.90 Å². The van der Waals surface area contributed by atoms with Gasteiger partial charge < -0.3 is 14.5 Å². The average Bonchev–Trinajstić information content (AvgIpc) is 2.73. The molecule has 3 heteroatoms. The van der Waals surface area contributed by atoms with Crippen molar-refractivity contribution in [2.75, 3.05) is 44.8 Å². The number of hydrogen-bond donors (Lipinski definition) is 0. The van der Waals surface area contributed by atoms with Crippen LogP contribution in [0.4, 0.5) is 5.69 Å². The van der Waals surface area contributed by atoms with E-state index in [4.69, 9.17) is 4.74 Å². The summed E-state index contributed by atoms with van der Waals surface area (Å²) in [6.07, 6.45) is 0. The van der Waals surface area contributed by atoms with E-state index in [9.17, 15) is 0 Å². The van der Waals surface area contributed by atoms with Crippen LogP contribution in [0, 0.1) is 0 Å². The highest BCUT2D eigenvalue weighted by Crippen LogP contribution is 2.36. The van der Waals surface area contributed by atoms with Crippen LogP contribution >= 0.6 is 0 Å². The van der Waals surface area contributed by atoms with Gasteiger partial charge in [-0.3, -0.25) is 0 Å². The fourth-order valence-corrected chi connectivity index (χ4v) is 4.56. The van der Waals surface area contributed by atoms with Crippen molar-refractivity contribution in [1.29, 1.82) is 0 Å². The van der Waals surface area contributed by atoms with E-state index in [-0.39, 0.29) is 0 Å². The monoisotopic (exact) mass is 358 g/mol. The molecule has 1 atom stereocenters. The Morgan fingerprint density at radius 3 is 2.56 bits per heavy atom. The van der Waals surface area contributed by atoms with Gasteiger partial charge in [-0.25, -0.2) is 0 Å². The van der Waals surface area contributed by atoms with Crippen LogP contribution in [0.1, 0.15) is 22.6 Å². The third-order valence-electron chi connectivity index (χ3n) is 5.99. The summed E-state index contributed by atoms with van der Waals surface area (Å²) in [5.74, 6) is 0.432. The van der Waals surface area contributed by atoms with Crippen LogP contribution in [0.15, 0.2) is 60.7 Å². The maximum Gasteiger partial charge on any atom is 0.0642 e. The van der Waals surface area contributed by atoms with Crippen LogP contribution in [0.2, 0.25) is 0 Å². The molecule has 1 saturated heterocycles. The third kappa shape index (κ3) is 3.22. The Morgan fingerprint density at radius 2 is 1.70 bits per heavy atom. The number of fused-ring (bicyclic) bond motifs is 2. The van der Waals surface area contributed by atoms with E-state index in [0.717, 1.165) is 39.4 Å². The van der Waals surface area contributed by atoms with Crippen molar-refractivity contribution >= 4 is 16.5 Å². The number of likely N-dealkylation sites (N-methyl/N-ethyl adjacent to an activating group) is 1. The number of ether oxygens (including phenoxy) is 1. The summed E-state index contributed by atoms with van der Waals surface area (Å²) >= 11 is 0. The summed E-state index contributed by atoms with van der Waals surface area (Å²) in [6, 6.07) is 22.7. The SMILES string of the molecule is CN1Cc2cc(N3CCOCC3)ccc2C(c2ccc3ccccc3c2)C1. The van der Waals surface area contributed by atoms with E-state index in [1.807, 2.05) is 0 Å². The largest absolute Gasteiger partial charge is 0.378 e. The number of morpholine rings is 1. The van der Waals surface area contributed by atoms with E-state index in [1.165, 1.54) is 33.2 Å². The topological polar surface area (TPSA) is 15.7 Å². The van der Waals surface area contributed by atoms with E-state index >= 15 is 0 Å². The zero-order chi connectivity index (χ0) is 18.2. The van der Waals surface area contributed by atoms with Gasteiger partial charge in [0.25, 0.3) is 0 Å². The van der Waals surface area contributed by atoms with Crippen LogP contribution in [-0.4, -0.2) is 44.8 Å². The second-order valence-corrected chi connectivity index (χ2v) is 7.84. The lowest BCUT2D eigenvalue weighted by atomic mass is 9.84. The summed E-state index contributed by atoms with van der Waals surface area (Å²) in [7, 11) is 2.23. The fourth-order valence-electron chi connectivity index (χ4n) is 4.56. The summed E-state index contributed by atoms with van der Waals surface area (Å²) < 4.78 is 5.51. The molecule has 138 valence electrons. The molecule has 2 heterocycles. The third-order valence-corrected chi connectivity index (χ3v) is 5.99. The molecule has 0 bridgehead atoms. The Morgan fingerprint density at radius 1 is 0.889 bits per heavy atom. The first-order chi connectivity index (χ1) is 13.3. The maximum absolute atomic E-state index is 5.51. The van der Waals surface area contributed by atoms with Gasteiger partial charge in [-0.2, -0.15) is 0 Å². The molecule has 5 rings (SSSR count). The van der Waals surface area contributed by atoms with Crippen molar-refractivity contribution in [3.05, 3.63) is 77.4 Å². The van der Waals surface area contributed by atoms with Crippen molar-refractivity contribution < 1.29 is 4.74 Å². The highest BCUT2D eigenvalue weighted by molar-refractivity contribution is 5.83. The molecule has 27 heavy (non-hydrogen) atoms. The van der Waals surface area contributed by atoms with Crippen LogP contribution in [-0.2, 0) is 11.3 Å². The lowest BCUT2D eigenvalue weighted by Gasteiger charge is -2.35. The number of nitrogens with zero attached hydrogens (tertiary/aromatic N) is 2. The quantitative estimate of drug-likeness (QED) is 0.681. The molecule has 3 aromatic carbocycles. The second kappa shape index (κ2) is 6.99. The predicted molar refractivity (Wildman–Crippen MR) is 112 cm³/mol. The normalized spacial score (nSPS) is 20.6. The molecule has 1 unspecified atom stereocenters. The Balaban J connectivity index is 1.53. The summed E-state index contributed by atoms with van der Waals surface area (Å²) in [6.45, 7) is 5.73. The van der Waals surface area contributed by atoms with Crippen LogP contribution in [0.25, 0.3) is 10.8 Å². The summed E-state index contributed by atoms with van der Waals surface area (Å²) in [4.78, 5) is 4.90. The van der Waals surface area contributed by atoms with Crippen molar-refractivity contribution in [2.45, 2.75) is 12.5 Å². The molecule has 2 aliphatic rings. The average molecular weight is 358 g/mol. The van der Waals surface area contributed by atoms with Crippen molar-refractivity contribution in [3.8, 4) is 0 Å². The standard InChI is InChI=1S/C24H26N2O/c1-25-16-21-15-22(26-10-12-27-13-11-26)8-9-23(21)24(17-25)20-7-6-18-4-2-3-5-19(18)14-20/h2-9,14-15,24H,10-13,16-17H2,1H3. The minimum absolute atomic E-state index is 0.432. The Hall–Kier alpha value is -2.36. The molecule has 0 radical (unpaired) electrons. The molecule has 2 aliphatic heterocycles. The van der Waals surface area contributed by atoms with E-state index in [0.29, 0.717) is 5.92 Å². The van der Waals surface area contributed by atoms with Crippen molar-refractivity contribution in [3.63, 3.8) is 0 Å². The zero-order valence-electron chi connectivity index (χ0n) is 15.9.